The lowest BCUT2D eigenvalue weighted by atomic mass is 9.91. The molecular weight excluding hydrogens is 647 g/mol. The van der Waals surface area contributed by atoms with Gasteiger partial charge in [0.05, 0.1) is 11.4 Å². The van der Waals surface area contributed by atoms with Crippen LogP contribution in [0.15, 0.2) is 197 Å². The predicted molar refractivity (Wildman–Crippen MR) is 222 cm³/mol. The highest BCUT2D eigenvalue weighted by molar-refractivity contribution is 6.14. The zero-order chi connectivity index (χ0) is 34.9. The second kappa shape index (κ2) is 11.7. The van der Waals surface area contributed by atoms with E-state index in [0.29, 0.717) is 0 Å². The molecule has 0 aliphatic rings. The van der Waals surface area contributed by atoms with E-state index in [1.807, 2.05) is 12.1 Å². The van der Waals surface area contributed by atoms with Crippen molar-refractivity contribution >= 4 is 82.5 Å². The molecule has 3 nitrogen and oxygen atoms in total. The van der Waals surface area contributed by atoms with Crippen LogP contribution in [0.2, 0.25) is 0 Å². The first-order valence-electron chi connectivity index (χ1n) is 18.0. The molecule has 2 aromatic heterocycles. The first-order chi connectivity index (χ1) is 26.3. The summed E-state index contributed by atoms with van der Waals surface area (Å²) >= 11 is 0. The molecule has 0 unspecified atom stereocenters. The van der Waals surface area contributed by atoms with Gasteiger partial charge in [0.25, 0.3) is 0 Å². The Bertz CT molecular complexity index is 3160. The summed E-state index contributed by atoms with van der Waals surface area (Å²) in [5, 5.41) is 9.22. The monoisotopic (exact) mass is 677 g/mol. The van der Waals surface area contributed by atoms with Crippen LogP contribution in [-0.4, -0.2) is 0 Å². The van der Waals surface area contributed by atoms with Crippen LogP contribution in [-0.2, 0) is 0 Å². The fourth-order valence-electron chi connectivity index (χ4n) is 8.16. The van der Waals surface area contributed by atoms with Gasteiger partial charge in [-0.25, -0.2) is 0 Å². The Hall–Kier alpha value is -7.10. The van der Waals surface area contributed by atoms with Gasteiger partial charge in [0.15, 0.2) is 5.58 Å². The fraction of sp³-hybridized carbons (Fsp3) is 0. The SMILES string of the molecule is c1ccc(-c2cccc3cccc(-c4ccc(N(c5ccc6c(c5)oc5ccccc56)c5cccc6c5oc5cc7ccccc7cc56)cc4)c23)cc1. The molecule has 0 saturated heterocycles. The highest BCUT2D eigenvalue weighted by Crippen LogP contribution is 2.45. The normalized spacial score (nSPS) is 11.8. The Morgan fingerprint density at radius 2 is 0.943 bits per heavy atom. The Morgan fingerprint density at radius 1 is 0.340 bits per heavy atom. The summed E-state index contributed by atoms with van der Waals surface area (Å²) in [6, 6.07) is 66.8. The number of benzene rings is 9. The van der Waals surface area contributed by atoms with Gasteiger partial charge in [0.1, 0.15) is 16.7 Å². The summed E-state index contributed by atoms with van der Waals surface area (Å²) in [7, 11) is 0. The number of anilines is 3. The smallest absolute Gasteiger partial charge is 0.159 e. The molecule has 11 rings (SSSR count). The second-order valence-corrected chi connectivity index (χ2v) is 13.7. The van der Waals surface area contributed by atoms with Crippen LogP contribution in [0.1, 0.15) is 0 Å². The van der Waals surface area contributed by atoms with Crippen LogP contribution in [0.25, 0.3) is 87.7 Å². The third-order valence-corrected chi connectivity index (χ3v) is 10.6. The molecule has 0 saturated carbocycles. The lowest BCUT2D eigenvalue weighted by molar-refractivity contribution is 0.667. The molecule has 11 aromatic rings. The summed E-state index contributed by atoms with van der Waals surface area (Å²) in [6.07, 6.45) is 0. The van der Waals surface area contributed by atoms with Gasteiger partial charge in [-0.3, -0.25) is 0 Å². The van der Waals surface area contributed by atoms with E-state index in [0.717, 1.165) is 71.9 Å². The molecule has 0 amide bonds. The number of furan rings is 2. The van der Waals surface area contributed by atoms with E-state index in [4.69, 9.17) is 8.83 Å². The van der Waals surface area contributed by atoms with E-state index >= 15 is 0 Å². The Labute approximate surface area is 305 Å². The van der Waals surface area contributed by atoms with Gasteiger partial charge in [-0.15, -0.1) is 0 Å². The van der Waals surface area contributed by atoms with Crippen LogP contribution in [0.4, 0.5) is 17.1 Å². The molecule has 248 valence electrons. The summed E-state index contributed by atoms with van der Waals surface area (Å²) in [4.78, 5) is 2.29. The van der Waals surface area contributed by atoms with Crippen molar-refractivity contribution < 1.29 is 8.83 Å². The quantitative estimate of drug-likeness (QED) is 0.182. The van der Waals surface area contributed by atoms with Gasteiger partial charge in [0.2, 0.25) is 0 Å². The number of nitrogens with zero attached hydrogens (tertiary/aromatic N) is 1. The lowest BCUT2D eigenvalue weighted by Gasteiger charge is -2.26. The molecule has 9 aromatic carbocycles. The summed E-state index contributed by atoms with van der Waals surface area (Å²) in [5.41, 5.74) is 11.2. The van der Waals surface area contributed by atoms with E-state index in [1.54, 1.807) is 0 Å². The molecule has 0 radical (unpaired) electrons. The highest BCUT2D eigenvalue weighted by Gasteiger charge is 2.21. The van der Waals surface area contributed by atoms with E-state index in [1.165, 1.54) is 32.8 Å². The van der Waals surface area contributed by atoms with Crippen molar-refractivity contribution in [3.63, 3.8) is 0 Å². The largest absolute Gasteiger partial charge is 0.456 e. The summed E-state index contributed by atoms with van der Waals surface area (Å²) in [5.74, 6) is 0. The van der Waals surface area contributed by atoms with Crippen molar-refractivity contribution in [1.29, 1.82) is 0 Å². The van der Waals surface area contributed by atoms with Crippen molar-refractivity contribution in [1.82, 2.24) is 0 Å². The molecule has 53 heavy (non-hydrogen) atoms. The number of fused-ring (bicyclic) bond motifs is 8. The first kappa shape index (κ1) is 29.6. The average Bonchev–Trinajstić information content (AvgIpc) is 3.78. The minimum atomic E-state index is 0.841. The van der Waals surface area contributed by atoms with Crippen molar-refractivity contribution in [2.45, 2.75) is 0 Å². The summed E-state index contributed by atoms with van der Waals surface area (Å²) < 4.78 is 13.2. The predicted octanol–water partition coefficient (Wildman–Crippen LogP) is 14.6. The van der Waals surface area contributed by atoms with E-state index < -0.39 is 0 Å². The lowest BCUT2D eigenvalue weighted by Crippen LogP contribution is -2.10. The standard InChI is InChI=1S/C50H31NO2/c1-2-11-32(12-3-1)39-18-8-15-34-16-9-19-40(49(34)39)33-23-25-37(26-24-33)51(38-27-28-42-41-17-6-7-22-46(41)52-48(42)31-38)45-21-10-20-43-44-29-35-13-4-5-14-36(35)30-47(44)53-50(43)45/h1-31H. The minimum Gasteiger partial charge on any atom is -0.456 e. The maximum Gasteiger partial charge on any atom is 0.159 e. The molecule has 0 fully saturated rings. The molecule has 2 heterocycles. The highest BCUT2D eigenvalue weighted by atomic mass is 16.3. The zero-order valence-electron chi connectivity index (χ0n) is 28.7. The van der Waals surface area contributed by atoms with Crippen LogP contribution in [0, 0.1) is 0 Å². The van der Waals surface area contributed by atoms with Gasteiger partial charge in [0, 0.05) is 33.3 Å². The summed E-state index contributed by atoms with van der Waals surface area (Å²) in [6.45, 7) is 0. The van der Waals surface area contributed by atoms with Crippen molar-refractivity contribution in [2.75, 3.05) is 4.90 Å². The van der Waals surface area contributed by atoms with Crippen molar-refractivity contribution in [3.8, 4) is 22.3 Å². The molecule has 0 aliphatic heterocycles. The number of para-hydroxylation sites is 2. The van der Waals surface area contributed by atoms with Crippen LogP contribution in [0.3, 0.4) is 0 Å². The van der Waals surface area contributed by atoms with Gasteiger partial charge in [-0.05, 0) is 92.3 Å². The van der Waals surface area contributed by atoms with Crippen LogP contribution in [0.5, 0.6) is 0 Å². The Kier molecular flexibility index (Phi) is 6.55. The Morgan fingerprint density at radius 3 is 1.75 bits per heavy atom. The van der Waals surface area contributed by atoms with Gasteiger partial charge in [-0.2, -0.15) is 0 Å². The topological polar surface area (TPSA) is 29.5 Å². The zero-order valence-corrected chi connectivity index (χ0v) is 28.7. The van der Waals surface area contributed by atoms with Gasteiger partial charge < -0.3 is 13.7 Å². The van der Waals surface area contributed by atoms with Crippen LogP contribution < -0.4 is 4.90 Å². The second-order valence-electron chi connectivity index (χ2n) is 13.7. The van der Waals surface area contributed by atoms with Gasteiger partial charge >= 0.3 is 0 Å². The molecule has 0 atom stereocenters. The molecule has 3 heteroatoms. The van der Waals surface area contributed by atoms with E-state index in [9.17, 15) is 0 Å². The number of rotatable bonds is 5. The molecule has 0 spiro atoms. The number of hydrogen-bond acceptors (Lipinski definition) is 3. The first-order valence-corrected chi connectivity index (χ1v) is 18.0. The van der Waals surface area contributed by atoms with E-state index in [-0.39, 0.29) is 0 Å². The third kappa shape index (κ3) is 4.75. The fourth-order valence-corrected chi connectivity index (χ4v) is 8.16. The van der Waals surface area contributed by atoms with Gasteiger partial charge in [-0.1, -0.05) is 133 Å². The maximum atomic E-state index is 6.78. The van der Waals surface area contributed by atoms with Crippen molar-refractivity contribution in [3.05, 3.63) is 188 Å². The van der Waals surface area contributed by atoms with Crippen LogP contribution >= 0.6 is 0 Å². The Balaban J connectivity index is 1.11. The minimum absolute atomic E-state index is 0.841. The average molecular weight is 678 g/mol. The molecule has 0 bridgehead atoms. The molecule has 0 N–H and O–H groups in total. The third-order valence-electron chi connectivity index (χ3n) is 10.6. The molecule has 0 aliphatic carbocycles. The number of hydrogen-bond donors (Lipinski definition) is 0. The van der Waals surface area contributed by atoms with E-state index in [2.05, 4.69) is 181 Å². The molecular formula is C50H31NO2. The van der Waals surface area contributed by atoms with Crippen molar-refractivity contribution in [2.24, 2.45) is 0 Å². The maximum absolute atomic E-state index is 6.78.